The van der Waals surface area contributed by atoms with E-state index in [-0.39, 0.29) is 0 Å². The highest BCUT2D eigenvalue weighted by Crippen LogP contribution is 2.31. The zero-order valence-electron chi connectivity index (χ0n) is 8.88. The topological polar surface area (TPSA) is 0 Å². The molecule has 0 N–H and O–H groups in total. The third kappa shape index (κ3) is 2.44. The van der Waals surface area contributed by atoms with Gasteiger partial charge in [-0.2, -0.15) is 11.1 Å². The summed E-state index contributed by atoms with van der Waals surface area (Å²) in [6.07, 6.45) is -1.36. The van der Waals surface area contributed by atoms with Crippen LogP contribution in [0.25, 0.3) is 0 Å². The fourth-order valence-electron chi connectivity index (χ4n) is 1.12. The van der Waals surface area contributed by atoms with Gasteiger partial charge < -0.3 is 0 Å². The standard InChI is InChI=1S/C7H21ClSi3/c1-9(2,3)11(7,8)10(4,5)6/h1-7H3. The molecule has 0 unspecified atom stereocenters. The molecule has 4 heteroatoms. The van der Waals surface area contributed by atoms with Crippen LogP contribution < -0.4 is 0 Å². The van der Waals surface area contributed by atoms with Gasteiger partial charge in [-0.15, -0.1) is 0 Å². The Labute approximate surface area is 78.7 Å². The monoisotopic (exact) mass is 224 g/mol. The van der Waals surface area contributed by atoms with Gasteiger partial charge in [0.1, 0.15) is 6.42 Å². The van der Waals surface area contributed by atoms with Crippen molar-refractivity contribution in [1.29, 1.82) is 0 Å². The largest absolute Gasteiger partial charge is 0.174 e. The van der Waals surface area contributed by atoms with Gasteiger partial charge in [-0.1, -0.05) is 45.8 Å². The van der Waals surface area contributed by atoms with Crippen LogP contribution in [0.5, 0.6) is 0 Å². The average molecular weight is 225 g/mol. The first-order valence-electron chi connectivity index (χ1n) is 4.19. The van der Waals surface area contributed by atoms with Crippen LogP contribution in [0.4, 0.5) is 0 Å². The number of hydrogen-bond donors (Lipinski definition) is 0. The molecule has 0 saturated carbocycles. The van der Waals surface area contributed by atoms with Crippen molar-refractivity contribution in [3.8, 4) is 0 Å². The van der Waals surface area contributed by atoms with Crippen molar-refractivity contribution in [3.05, 3.63) is 0 Å². The molecule has 0 saturated heterocycles. The highest BCUT2D eigenvalue weighted by atomic mass is 35.6. The minimum atomic E-state index is -1.36. The zero-order valence-corrected chi connectivity index (χ0v) is 12.6. The molecule has 0 atom stereocenters. The number of hydrogen-bond acceptors (Lipinski definition) is 0. The van der Waals surface area contributed by atoms with Gasteiger partial charge in [0.15, 0.2) is 0 Å². The maximum atomic E-state index is 6.75. The average Bonchev–Trinajstić information content (AvgIpc) is 1.58. The van der Waals surface area contributed by atoms with Crippen molar-refractivity contribution >= 4 is 32.7 Å². The van der Waals surface area contributed by atoms with Crippen LogP contribution in [-0.2, 0) is 0 Å². The van der Waals surface area contributed by atoms with E-state index in [0.29, 0.717) is 0 Å². The van der Waals surface area contributed by atoms with E-state index in [0.717, 1.165) is 0 Å². The fourth-order valence-corrected chi connectivity index (χ4v) is 30.4. The minimum Gasteiger partial charge on any atom is -0.174 e. The lowest BCUT2D eigenvalue weighted by Crippen LogP contribution is -2.65. The molecule has 0 bridgehead atoms. The second-order valence-electron chi connectivity index (χ2n) is 5.50. The van der Waals surface area contributed by atoms with Crippen molar-refractivity contribution < 1.29 is 0 Å². The first-order chi connectivity index (χ1) is 4.50. The molecule has 0 fully saturated rings. The van der Waals surface area contributed by atoms with Crippen LogP contribution in [0.2, 0.25) is 45.8 Å². The SMILES string of the molecule is C[Si](C)(C)[Si](C)(Cl)[Si](C)(C)C. The lowest BCUT2D eigenvalue weighted by molar-refractivity contribution is 1.77. The van der Waals surface area contributed by atoms with Crippen LogP contribution in [0.3, 0.4) is 0 Å². The molecular weight excluding hydrogens is 204 g/mol. The highest BCUT2D eigenvalue weighted by Gasteiger charge is 2.49. The van der Waals surface area contributed by atoms with E-state index in [1.165, 1.54) is 0 Å². The maximum absolute atomic E-state index is 6.75. The van der Waals surface area contributed by atoms with E-state index in [9.17, 15) is 0 Å². The Kier molecular flexibility index (Phi) is 3.27. The molecule has 0 aromatic carbocycles. The van der Waals surface area contributed by atoms with E-state index in [4.69, 9.17) is 11.1 Å². The van der Waals surface area contributed by atoms with Gasteiger partial charge in [0.05, 0.1) is 15.2 Å². The van der Waals surface area contributed by atoms with Crippen molar-refractivity contribution in [2.75, 3.05) is 0 Å². The predicted molar refractivity (Wildman–Crippen MR) is 64.2 cm³/mol. The molecule has 68 valence electrons. The number of rotatable bonds is 2. The number of halogens is 1. The van der Waals surface area contributed by atoms with Gasteiger partial charge in [-0.05, 0) is 0 Å². The summed E-state index contributed by atoms with van der Waals surface area (Å²) in [7, 11) is -2.11. The Balaban J connectivity index is 4.75. The smallest absolute Gasteiger partial charge is 0.135 e. The van der Waals surface area contributed by atoms with Crippen LogP contribution >= 0.6 is 11.1 Å². The van der Waals surface area contributed by atoms with E-state index < -0.39 is 21.6 Å². The van der Waals surface area contributed by atoms with Crippen LogP contribution in [0, 0.1) is 0 Å². The van der Waals surface area contributed by atoms with Crippen LogP contribution in [-0.4, -0.2) is 21.6 Å². The van der Waals surface area contributed by atoms with Crippen molar-refractivity contribution in [3.63, 3.8) is 0 Å². The van der Waals surface area contributed by atoms with Crippen molar-refractivity contribution in [2.24, 2.45) is 0 Å². The predicted octanol–water partition coefficient (Wildman–Crippen LogP) is 3.63. The Morgan fingerprint density at radius 2 is 0.818 bits per heavy atom. The van der Waals surface area contributed by atoms with Crippen LogP contribution in [0.1, 0.15) is 0 Å². The Hall–Kier alpha value is 0.941. The van der Waals surface area contributed by atoms with Gasteiger partial charge in [-0.3, -0.25) is 0 Å². The van der Waals surface area contributed by atoms with Crippen molar-refractivity contribution in [2.45, 2.75) is 45.8 Å². The summed E-state index contributed by atoms with van der Waals surface area (Å²) in [4.78, 5) is 0. The summed E-state index contributed by atoms with van der Waals surface area (Å²) in [5.74, 6) is 0. The van der Waals surface area contributed by atoms with Gasteiger partial charge in [-0.25, -0.2) is 0 Å². The van der Waals surface area contributed by atoms with Gasteiger partial charge in [0, 0.05) is 0 Å². The normalized spacial score (nSPS) is 15.3. The molecule has 0 amide bonds. The summed E-state index contributed by atoms with van der Waals surface area (Å²) < 4.78 is 0. The molecule has 0 nitrogen and oxygen atoms in total. The maximum Gasteiger partial charge on any atom is 0.135 e. The second kappa shape index (κ2) is 3.01. The molecule has 0 radical (unpaired) electrons. The quantitative estimate of drug-likeness (QED) is 0.497. The summed E-state index contributed by atoms with van der Waals surface area (Å²) in [5.41, 5.74) is 0. The Morgan fingerprint density at radius 1 is 0.636 bits per heavy atom. The molecule has 0 aliphatic rings. The second-order valence-corrected chi connectivity index (χ2v) is 37.2. The van der Waals surface area contributed by atoms with E-state index in [1.807, 2.05) is 0 Å². The molecule has 0 aliphatic heterocycles. The molecule has 0 rings (SSSR count). The summed E-state index contributed by atoms with van der Waals surface area (Å²) >= 11 is 6.75. The first-order valence-corrected chi connectivity index (χ1v) is 16.7. The Bertz CT molecular complexity index is 125. The lowest BCUT2D eigenvalue weighted by atomic mass is 11.8. The zero-order chi connectivity index (χ0) is 9.50. The Morgan fingerprint density at radius 3 is 0.818 bits per heavy atom. The van der Waals surface area contributed by atoms with Gasteiger partial charge in [0.2, 0.25) is 0 Å². The first kappa shape index (κ1) is 11.9. The molecule has 11 heavy (non-hydrogen) atoms. The summed E-state index contributed by atoms with van der Waals surface area (Å²) in [6, 6.07) is 0. The van der Waals surface area contributed by atoms with Gasteiger partial charge in [0.25, 0.3) is 0 Å². The molecule has 0 spiro atoms. The van der Waals surface area contributed by atoms with Crippen molar-refractivity contribution in [1.82, 2.24) is 0 Å². The summed E-state index contributed by atoms with van der Waals surface area (Å²) in [5, 5.41) is 0. The molecular formula is C7H21ClSi3. The third-order valence-electron chi connectivity index (χ3n) is 2.82. The third-order valence-corrected chi connectivity index (χ3v) is 49.1. The van der Waals surface area contributed by atoms with E-state index >= 15 is 0 Å². The van der Waals surface area contributed by atoms with Gasteiger partial charge >= 0.3 is 0 Å². The van der Waals surface area contributed by atoms with E-state index in [1.54, 1.807) is 0 Å². The molecule has 0 heterocycles. The summed E-state index contributed by atoms with van der Waals surface area (Å²) in [6.45, 7) is 16.9. The van der Waals surface area contributed by atoms with E-state index in [2.05, 4.69) is 45.8 Å². The van der Waals surface area contributed by atoms with Crippen LogP contribution in [0.15, 0.2) is 0 Å². The molecule has 0 aromatic rings. The highest BCUT2D eigenvalue weighted by molar-refractivity contribution is 7.82. The molecule has 0 aromatic heterocycles. The lowest BCUT2D eigenvalue weighted by Gasteiger charge is -2.41. The molecule has 0 aliphatic carbocycles. The fraction of sp³-hybridized carbons (Fsp3) is 1.00. The minimum absolute atomic E-state index is 1.05.